The number of hydrogen-bond donors (Lipinski definition) is 1. The minimum atomic E-state index is -3.93. The van der Waals surface area contributed by atoms with Gasteiger partial charge in [0.25, 0.3) is 0 Å². The molecule has 36 heavy (non-hydrogen) atoms. The summed E-state index contributed by atoms with van der Waals surface area (Å²) in [6, 6.07) is 9.08. The van der Waals surface area contributed by atoms with E-state index < -0.39 is 34.3 Å². The summed E-state index contributed by atoms with van der Waals surface area (Å²) >= 11 is 0. The second kappa shape index (κ2) is 12.6. The number of anilines is 1. The minimum Gasteiger partial charge on any atom is -0.497 e. The Kier molecular flexibility index (Phi) is 10.1. The molecule has 2 amide bonds. The molecule has 1 N–H and O–H groups in total. The number of carbonyl (C=O) groups excluding carboxylic acids is 2. The van der Waals surface area contributed by atoms with Crippen LogP contribution in [0.2, 0.25) is 0 Å². The Labute approximate surface area is 212 Å². The zero-order valence-corrected chi connectivity index (χ0v) is 22.3. The number of halogens is 1. The maximum Gasteiger partial charge on any atom is 0.244 e. The van der Waals surface area contributed by atoms with Crippen LogP contribution >= 0.6 is 0 Å². The summed E-state index contributed by atoms with van der Waals surface area (Å²) in [5.41, 5.74) is 0.740. The van der Waals surface area contributed by atoms with Crippen molar-refractivity contribution in [2.45, 2.75) is 45.8 Å². The molecule has 1 atom stereocenters. The van der Waals surface area contributed by atoms with Crippen LogP contribution in [0.5, 0.6) is 11.5 Å². The number of hydrogen-bond acceptors (Lipinski definition) is 6. The molecule has 2 aromatic rings. The van der Waals surface area contributed by atoms with Gasteiger partial charge in [-0.2, -0.15) is 0 Å². The first-order valence-corrected chi connectivity index (χ1v) is 13.3. The van der Waals surface area contributed by atoms with Gasteiger partial charge in [-0.3, -0.25) is 13.9 Å². The lowest BCUT2D eigenvalue weighted by Gasteiger charge is -2.33. The Balaban J connectivity index is 2.50. The van der Waals surface area contributed by atoms with E-state index in [-0.39, 0.29) is 36.4 Å². The molecule has 0 saturated carbocycles. The van der Waals surface area contributed by atoms with Crippen molar-refractivity contribution in [1.82, 2.24) is 10.2 Å². The summed E-state index contributed by atoms with van der Waals surface area (Å²) in [5.74, 6) is -0.757. The molecule has 9 nitrogen and oxygen atoms in total. The molecule has 0 radical (unpaired) electrons. The van der Waals surface area contributed by atoms with E-state index in [1.54, 1.807) is 26.8 Å². The third-order valence-electron chi connectivity index (χ3n) is 5.42. The second-order valence-electron chi connectivity index (χ2n) is 8.54. The highest BCUT2D eigenvalue weighted by atomic mass is 32.2. The van der Waals surface area contributed by atoms with Crippen molar-refractivity contribution in [3.8, 4) is 11.5 Å². The van der Waals surface area contributed by atoms with Crippen molar-refractivity contribution in [3.05, 3.63) is 53.8 Å². The van der Waals surface area contributed by atoms with Crippen LogP contribution in [0.15, 0.2) is 42.5 Å². The number of ether oxygens (including phenoxy) is 2. The van der Waals surface area contributed by atoms with Crippen LogP contribution in [0, 0.1) is 5.82 Å². The highest BCUT2D eigenvalue weighted by Crippen LogP contribution is 2.33. The number of rotatable bonds is 12. The van der Waals surface area contributed by atoms with Gasteiger partial charge in [0, 0.05) is 18.7 Å². The van der Waals surface area contributed by atoms with Crippen LogP contribution in [0.3, 0.4) is 0 Å². The number of benzene rings is 2. The lowest BCUT2D eigenvalue weighted by Crippen LogP contribution is -2.53. The predicted octanol–water partition coefficient (Wildman–Crippen LogP) is 2.94. The molecule has 0 saturated heterocycles. The molecule has 0 aliphatic carbocycles. The Morgan fingerprint density at radius 1 is 1.06 bits per heavy atom. The van der Waals surface area contributed by atoms with Gasteiger partial charge >= 0.3 is 0 Å². The molecule has 0 aliphatic rings. The Morgan fingerprint density at radius 3 is 2.19 bits per heavy atom. The largest absolute Gasteiger partial charge is 0.497 e. The van der Waals surface area contributed by atoms with E-state index in [1.807, 2.05) is 0 Å². The van der Waals surface area contributed by atoms with Gasteiger partial charge < -0.3 is 19.7 Å². The van der Waals surface area contributed by atoms with E-state index >= 15 is 0 Å². The standard InChI is InChI=1S/C25H34FN3O6S/c1-7-21(25(31)27-17(2)3)28(15-18-8-10-19(26)11-9-18)24(30)16-29(36(6,32)33)22-13-12-20(34-4)14-23(22)35-5/h8-14,17,21H,7,15-16H2,1-6H3,(H,27,31). The van der Waals surface area contributed by atoms with E-state index in [0.29, 0.717) is 11.3 Å². The molecule has 0 spiro atoms. The SMILES string of the molecule is CCC(C(=O)NC(C)C)N(Cc1ccc(F)cc1)C(=O)CN(c1ccc(OC)cc1OC)S(C)(=O)=O. The van der Waals surface area contributed by atoms with Crippen LogP contribution in [0.1, 0.15) is 32.8 Å². The zero-order chi connectivity index (χ0) is 27.0. The highest BCUT2D eigenvalue weighted by Gasteiger charge is 2.32. The summed E-state index contributed by atoms with van der Waals surface area (Å²) < 4.78 is 50.5. The quantitative estimate of drug-likeness (QED) is 0.459. The zero-order valence-electron chi connectivity index (χ0n) is 21.4. The number of nitrogens with one attached hydrogen (secondary N) is 1. The van der Waals surface area contributed by atoms with Crippen LogP contribution in [-0.2, 0) is 26.2 Å². The second-order valence-corrected chi connectivity index (χ2v) is 10.4. The van der Waals surface area contributed by atoms with E-state index in [0.717, 1.165) is 10.6 Å². The third-order valence-corrected chi connectivity index (χ3v) is 6.54. The summed E-state index contributed by atoms with van der Waals surface area (Å²) in [7, 11) is -1.09. The fraction of sp³-hybridized carbons (Fsp3) is 0.440. The fourth-order valence-corrected chi connectivity index (χ4v) is 4.53. The van der Waals surface area contributed by atoms with Crippen molar-refractivity contribution in [1.29, 1.82) is 0 Å². The van der Waals surface area contributed by atoms with Crippen molar-refractivity contribution < 1.29 is 31.9 Å². The maximum atomic E-state index is 13.7. The topological polar surface area (TPSA) is 105 Å². The smallest absolute Gasteiger partial charge is 0.244 e. The van der Waals surface area contributed by atoms with Gasteiger partial charge in [0.1, 0.15) is 29.9 Å². The van der Waals surface area contributed by atoms with Crippen LogP contribution in [0.4, 0.5) is 10.1 Å². The molecule has 2 aromatic carbocycles. The number of carbonyl (C=O) groups is 2. The van der Waals surface area contributed by atoms with Crippen molar-refractivity contribution >= 4 is 27.5 Å². The molecule has 0 bridgehead atoms. The summed E-state index contributed by atoms with van der Waals surface area (Å²) in [6.45, 7) is 4.78. The van der Waals surface area contributed by atoms with Gasteiger partial charge in [-0.1, -0.05) is 19.1 Å². The Bertz CT molecular complexity index is 1150. The van der Waals surface area contributed by atoms with Gasteiger partial charge in [-0.15, -0.1) is 0 Å². The minimum absolute atomic E-state index is 0.0134. The third kappa shape index (κ3) is 7.58. The molecule has 0 fully saturated rings. The fourth-order valence-electron chi connectivity index (χ4n) is 3.67. The number of sulfonamides is 1. The van der Waals surface area contributed by atoms with E-state index in [2.05, 4.69) is 5.32 Å². The van der Waals surface area contributed by atoms with Gasteiger partial charge in [0.2, 0.25) is 21.8 Å². The van der Waals surface area contributed by atoms with Gasteiger partial charge in [0.05, 0.1) is 26.2 Å². The lowest BCUT2D eigenvalue weighted by atomic mass is 10.1. The molecule has 11 heteroatoms. The van der Waals surface area contributed by atoms with Crippen molar-refractivity contribution in [2.75, 3.05) is 31.3 Å². The van der Waals surface area contributed by atoms with Crippen molar-refractivity contribution in [2.24, 2.45) is 0 Å². The monoisotopic (exact) mass is 523 g/mol. The predicted molar refractivity (Wildman–Crippen MR) is 136 cm³/mol. The first-order valence-electron chi connectivity index (χ1n) is 11.4. The highest BCUT2D eigenvalue weighted by molar-refractivity contribution is 7.92. The van der Waals surface area contributed by atoms with Gasteiger partial charge in [-0.05, 0) is 50.1 Å². The molecule has 0 aromatic heterocycles. The Morgan fingerprint density at radius 2 is 1.69 bits per heavy atom. The van der Waals surface area contributed by atoms with Gasteiger partial charge in [0.15, 0.2) is 0 Å². The first kappa shape index (κ1) is 28.9. The average Bonchev–Trinajstić information content (AvgIpc) is 2.82. The normalized spacial score (nSPS) is 12.1. The number of nitrogens with zero attached hydrogens (tertiary/aromatic N) is 2. The number of amides is 2. The molecule has 0 heterocycles. The van der Waals surface area contributed by atoms with E-state index in [1.165, 1.54) is 55.5 Å². The first-order chi connectivity index (χ1) is 16.9. The van der Waals surface area contributed by atoms with Gasteiger partial charge in [-0.25, -0.2) is 12.8 Å². The number of methoxy groups -OCH3 is 2. The summed E-state index contributed by atoms with van der Waals surface area (Å²) in [6.07, 6.45) is 1.27. The van der Waals surface area contributed by atoms with Crippen LogP contribution in [0.25, 0.3) is 0 Å². The average molecular weight is 524 g/mol. The molecule has 2 rings (SSSR count). The molecule has 198 valence electrons. The molecule has 0 aliphatic heterocycles. The van der Waals surface area contributed by atoms with Crippen molar-refractivity contribution in [3.63, 3.8) is 0 Å². The van der Waals surface area contributed by atoms with Crippen LogP contribution in [-0.4, -0.2) is 64.2 Å². The lowest BCUT2D eigenvalue weighted by molar-refractivity contribution is -0.140. The molecule has 1 unspecified atom stereocenters. The summed E-state index contributed by atoms with van der Waals surface area (Å²) in [5, 5.41) is 2.81. The van der Waals surface area contributed by atoms with E-state index in [4.69, 9.17) is 9.47 Å². The maximum absolute atomic E-state index is 13.7. The Hall–Kier alpha value is -3.34. The van der Waals surface area contributed by atoms with E-state index in [9.17, 15) is 22.4 Å². The molecular weight excluding hydrogens is 489 g/mol. The van der Waals surface area contributed by atoms with Crippen LogP contribution < -0.4 is 19.1 Å². The summed E-state index contributed by atoms with van der Waals surface area (Å²) in [4.78, 5) is 27.9. The molecular formula is C25H34FN3O6S.